The summed E-state index contributed by atoms with van der Waals surface area (Å²) in [5, 5.41) is 2.88. The van der Waals surface area contributed by atoms with Crippen LogP contribution in [0, 0.1) is 0 Å². The fourth-order valence-electron chi connectivity index (χ4n) is 2.54. The molecule has 0 radical (unpaired) electrons. The number of ether oxygens (including phenoxy) is 1. The van der Waals surface area contributed by atoms with Crippen LogP contribution < -0.4 is 16.2 Å². The second-order valence-electron chi connectivity index (χ2n) is 8.08. The zero-order valence-corrected chi connectivity index (χ0v) is 18.5. The van der Waals surface area contributed by atoms with Gasteiger partial charge in [-0.25, -0.2) is 4.79 Å². The Morgan fingerprint density at radius 1 is 0.939 bits per heavy atom. The lowest BCUT2D eigenvalue weighted by Gasteiger charge is -2.24. The summed E-state index contributed by atoms with van der Waals surface area (Å²) in [6, 6.07) is 10.6. The summed E-state index contributed by atoms with van der Waals surface area (Å²) in [7, 11) is 1.37. The van der Waals surface area contributed by atoms with Crippen molar-refractivity contribution in [3.8, 4) is 0 Å². The second kappa shape index (κ2) is 10.2. The number of carbonyl (C=O) groups excluding carboxylic acids is 3. The lowest BCUT2D eigenvalue weighted by molar-refractivity contribution is -0.137. The number of anilines is 2. The highest BCUT2D eigenvalue weighted by Gasteiger charge is 2.30. The summed E-state index contributed by atoms with van der Waals surface area (Å²) in [5.41, 5.74) is 3.72. The molecular formula is C22H25F3N4O4. The van der Waals surface area contributed by atoms with Crippen molar-refractivity contribution in [2.75, 3.05) is 18.9 Å². The number of hydrogen-bond donors (Lipinski definition) is 3. The van der Waals surface area contributed by atoms with Gasteiger partial charge in [0.05, 0.1) is 16.8 Å². The standard InChI is InChI=1S/C22H25F3N4O4/c1-21(2,3)33-20(32)29(4)13-18(30)27-28-19(31)16-7-5-6-8-17(16)26-15-11-9-14(10-12-15)22(23,24)25/h5-12,26H,13H2,1-4H3,(H,27,30)(H,28,31). The van der Waals surface area contributed by atoms with Crippen molar-refractivity contribution in [3.63, 3.8) is 0 Å². The molecule has 3 amide bonds. The summed E-state index contributed by atoms with van der Waals surface area (Å²) in [6.45, 7) is 4.71. The van der Waals surface area contributed by atoms with Gasteiger partial charge in [0.15, 0.2) is 0 Å². The first-order chi connectivity index (χ1) is 15.3. The zero-order chi connectivity index (χ0) is 24.8. The maximum Gasteiger partial charge on any atom is 0.416 e. The van der Waals surface area contributed by atoms with Crippen LogP contribution in [0.1, 0.15) is 36.7 Å². The van der Waals surface area contributed by atoms with E-state index in [0.717, 1.165) is 17.0 Å². The number of carbonyl (C=O) groups is 3. The molecule has 3 N–H and O–H groups in total. The van der Waals surface area contributed by atoms with Crippen LogP contribution in [0.4, 0.5) is 29.3 Å². The Morgan fingerprint density at radius 3 is 2.12 bits per heavy atom. The Bertz CT molecular complexity index is 1000. The molecule has 11 heteroatoms. The largest absolute Gasteiger partial charge is 0.444 e. The number of hydrogen-bond acceptors (Lipinski definition) is 5. The van der Waals surface area contributed by atoms with Gasteiger partial charge in [0.25, 0.3) is 11.8 Å². The fraction of sp³-hybridized carbons (Fsp3) is 0.318. The Kier molecular flexibility index (Phi) is 7.91. The molecule has 2 aromatic rings. The Hall–Kier alpha value is -3.76. The first kappa shape index (κ1) is 25.5. The lowest BCUT2D eigenvalue weighted by atomic mass is 10.1. The molecule has 0 aromatic heterocycles. The van der Waals surface area contributed by atoms with Crippen LogP contribution in [0.15, 0.2) is 48.5 Å². The number of alkyl halides is 3. The van der Waals surface area contributed by atoms with Gasteiger partial charge in [-0.3, -0.25) is 20.4 Å². The van der Waals surface area contributed by atoms with Crippen molar-refractivity contribution in [2.45, 2.75) is 32.5 Å². The van der Waals surface area contributed by atoms with Gasteiger partial charge in [-0.05, 0) is 57.2 Å². The molecule has 0 spiro atoms. The van der Waals surface area contributed by atoms with Crippen LogP contribution in [0.25, 0.3) is 0 Å². The molecule has 0 atom stereocenters. The molecule has 0 fully saturated rings. The van der Waals surface area contributed by atoms with Crippen molar-refractivity contribution >= 4 is 29.3 Å². The van der Waals surface area contributed by atoms with Crippen molar-refractivity contribution in [1.29, 1.82) is 0 Å². The first-order valence-electron chi connectivity index (χ1n) is 9.83. The number of halogens is 3. The minimum Gasteiger partial charge on any atom is -0.444 e. The summed E-state index contributed by atoms with van der Waals surface area (Å²) >= 11 is 0. The second-order valence-corrected chi connectivity index (χ2v) is 8.08. The van der Waals surface area contributed by atoms with E-state index in [0.29, 0.717) is 11.4 Å². The van der Waals surface area contributed by atoms with Crippen molar-refractivity contribution in [1.82, 2.24) is 15.8 Å². The van der Waals surface area contributed by atoms with Crippen molar-refractivity contribution in [3.05, 3.63) is 59.7 Å². The fourth-order valence-corrected chi connectivity index (χ4v) is 2.54. The molecule has 0 aliphatic heterocycles. The van der Waals surface area contributed by atoms with E-state index >= 15 is 0 Å². The molecule has 8 nitrogen and oxygen atoms in total. The van der Waals surface area contributed by atoms with Crippen LogP contribution in [0.5, 0.6) is 0 Å². The number of benzene rings is 2. The number of para-hydroxylation sites is 1. The van der Waals surface area contributed by atoms with Crippen LogP contribution in [-0.2, 0) is 15.7 Å². The van der Waals surface area contributed by atoms with Gasteiger partial charge in [0.1, 0.15) is 12.1 Å². The molecule has 0 aliphatic carbocycles. The predicted molar refractivity (Wildman–Crippen MR) is 116 cm³/mol. The van der Waals surface area contributed by atoms with Crippen molar-refractivity contribution in [2.24, 2.45) is 0 Å². The molecule has 0 saturated heterocycles. The van der Waals surface area contributed by atoms with Gasteiger partial charge >= 0.3 is 12.3 Å². The van der Waals surface area contributed by atoms with Gasteiger partial charge < -0.3 is 15.0 Å². The van der Waals surface area contributed by atoms with E-state index in [4.69, 9.17) is 4.74 Å². The highest BCUT2D eigenvalue weighted by molar-refractivity contribution is 6.01. The Morgan fingerprint density at radius 2 is 1.55 bits per heavy atom. The van der Waals surface area contributed by atoms with E-state index in [-0.39, 0.29) is 12.1 Å². The number of amides is 3. The van der Waals surface area contributed by atoms with Gasteiger partial charge in [0, 0.05) is 12.7 Å². The van der Waals surface area contributed by atoms with E-state index in [1.54, 1.807) is 39.0 Å². The first-order valence-corrected chi connectivity index (χ1v) is 9.83. The third kappa shape index (κ3) is 8.02. The van der Waals surface area contributed by atoms with Crippen LogP contribution in [0.3, 0.4) is 0 Å². The minimum atomic E-state index is -4.45. The van der Waals surface area contributed by atoms with Gasteiger partial charge in [0.2, 0.25) is 0 Å². The van der Waals surface area contributed by atoms with E-state index in [9.17, 15) is 27.6 Å². The molecule has 2 rings (SSSR count). The van der Waals surface area contributed by atoms with E-state index in [1.807, 2.05) is 0 Å². The molecule has 0 aliphatic rings. The van der Waals surface area contributed by atoms with E-state index in [1.165, 1.54) is 25.2 Å². The summed E-state index contributed by atoms with van der Waals surface area (Å²) in [4.78, 5) is 37.6. The average Bonchev–Trinajstić information content (AvgIpc) is 2.71. The highest BCUT2D eigenvalue weighted by Crippen LogP contribution is 2.30. The molecule has 33 heavy (non-hydrogen) atoms. The number of hydrazine groups is 1. The van der Waals surface area contributed by atoms with Gasteiger partial charge in [-0.2, -0.15) is 13.2 Å². The number of likely N-dealkylation sites (N-methyl/N-ethyl adjacent to an activating group) is 1. The van der Waals surface area contributed by atoms with E-state index < -0.39 is 35.2 Å². The highest BCUT2D eigenvalue weighted by atomic mass is 19.4. The van der Waals surface area contributed by atoms with Crippen molar-refractivity contribution < 1.29 is 32.3 Å². The van der Waals surface area contributed by atoms with Crippen LogP contribution >= 0.6 is 0 Å². The quantitative estimate of drug-likeness (QED) is 0.577. The maximum absolute atomic E-state index is 12.7. The molecule has 178 valence electrons. The normalized spacial score (nSPS) is 11.4. The summed E-state index contributed by atoms with van der Waals surface area (Å²) in [6.07, 6.45) is -5.15. The Labute approximate surface area is 189 Å². The summed E-state index contributed by atoms with van der Waals surface area (Å²) in [5.74, 6) is -1.33. The van der Waals surface area contributed by atoms with E-state index in [2.05, 4.69) is 16.2 Å². The zero-order valence-electron chi connectivity index (χ0n) is 18.5. The number of rotatable bonds is 5. The third-order valence-electron chi connectivity index (χ3n) is 4.06. The minimum absolute atomic E-state index is 0.137. The maximum atomic E-state index is 12.7. The number of nitrogens with one attached hydrogen (secondary N) is 3. The Balaban J connectivity index is 1.98. The SMILES string of the molecule is CN(CC(=O)NNC(=O)c1ccccc1Nc1ccc(C(F)(F)F)cc1)C(=O)OC(C)(C)C. The molecule has 0 bridgehead atoms. The van der Waals surface area contributed by atoms with Crippen LogP contribution in [-0.4, -0.2) is 42.0 Å². The van der Waals surface area contributed by atoms with Gasteiger partial charge in [-0.1, -0.05) is 12.1 Å². The molecule has 2 aromatic carbocycles. The monoisotopic (exact) mass is 466 g/mol. The molecule has 0 saturated carbocycles. The summed E-state index contributed by atoms with van der Waals surface area (Å²) < 4.78 is 43.3. The lowest BCUT2D eigenvalue weighted by Crippen LogP contribution is -2.47. The topological polar surface area (TPSA) is 99.8 Å². The molecular weight excluding hydrogens is 441 g/mol. The third-order valence-corrected chi connectivity index (χ3v) is 4.06. The molecule has 0 heterocycles. The average molecular weight is 466 g/mol. The predicted octanol–water partition coefficient (Wildman–Crippen LogP) is 4.08. The van der Waals surface area contributed by atoms with Crippen LogP contribution in [0.2, 0.25) is 0 Å². The smallest absolute Gasteiger partial charge is 0.416 e. The number of nitrogens with zero attached hydrogens (tertiary/aromatic N) is 1. The van der Waals surface area contributed by atoms with Gasteiger partial charge in [-0.15, -0.1) is 0 Å². The molecule has 0 unspecified atom stereocenters.